The number of aliphatic hydroxyl groups is 1. The molecule has 0 aliphatic heterocycles. The molecule has 1 unspecified atom stereocenters. The molecule has 0 saturated carbocycles. The Balaban J connectivity index is 0.00000385. The summed E-state index contributed by atoms with van der Waals surface area (Å²) in [5, 5.41) is 21.4. The van der Waals surface area contributed by atoms with Gasteiger partial charge in [0.2, 0.25) is 0 Å². The lowest BCUT2D eigenvalue weighted by Gasteiger charge is -2.23. The number of rotatable bonds is 10. The van der Waals surface area contributed by atoms with E-state index in [-0.39, 0.29) is 24.0 Å². The summed E-state index contributed by atoms with van der Waals surface area (Å²) in [5.74, 6) is 0.655. The summed E-state index contributed by atoms with van der Waals surface area (Å²) in [7, 11) is 1.83. The topological polar surface area (TPSA) is 83.7 Å². The minimum atomic E-state index is -1.06. The van der Waals surface area contributed by atoms with Gasteiger partial charge in [-0.05, 0) is 30.5 Å². The summed E-state index contributed by atoms with van der Waals surface area (Å²) in [5.41, 5.74) is 3.08. The zero-order valence-electron chi connectivity index (χ0n) is 19.5. The maximum Gasteiger partial charge on any atom is 0.191 e. The fourth-order valence-corrected chi connectivity index (χ4v) is 3.25. The van der Waals surface area contributed by atoms with Crippen molar-refractivity contribution in [2.45, 2.75) is 39.2 Å². The van der Waals surface area contributed by atoms with Crippen LogP contribution in [-0.4, -0.2) is 33.9 Å². The predicted octanol–water partition coefficient (Wildman–Crippen LogP) is 3.72. The van der Waals surface area contributed by atoms with E-state index in [0.29, 0.717) is 32.3 Å². The van der Waals surface area contributed by atoms with Crippen LogP contribution >= 0.6 is 24.0 Å². The Bertz CT molecular complexity index is 1000. The summed E-state index contributed by atoms with van der Waals surface area (Å²) in [6.07, 6.45) is 3.49. The van der Waals surface area contributed by atoms with Crippen molar-refractivity contribution < 1.29 is 9.84 Å². The number of aryl methyl sites for hydroxylation is 1. The molecular weight excluding hydrogens is 529 g/mol. The van der Waals surface area contributed by atoms with Crippen LogP contribution in [0.4, 0.5) is 0 Å². The molecule has 0 aliphatic rings. The van der Waals surface area contributed by atoms with Gasteiger partial charge in [0, 0.05) is 25.4 Å². The molecule has 2 aromatic carbocycles. The lowest BCUT2D eigenvalue weighted by molar-refractivity contribution is 0.0616. The molecule has 178 valence electrons. The first-order valence-corrected chi connectivity index (χ1v) is 10.9. The maximum atomic E-state index is 10.8. The van der Waals surface area contributed by atoms with Crippen LogP contribution in [0.15, 0.2) is 72.0 Å². The molecule has 7 nitrogen and oxygen atoms in total. The Morgan fingerprint density at radius 3 is 2.45 bits per heavy atom. The maximum absolute atomic E-state index is 10.8. The smallest absolute Gasteiger partial charge is 0.191 e. The van der Waals surface area contributed by atoms with E-state index >= 15 is 0 Å². The zero-order chi connectivity index (χ0) is 22.8. The van der Waals surface area contributed by atoms with Gasteiger partial charge in [-0.15, -0.1) is 24.0 Å². The van der Waals surface area contributed by atoms with Gasteiger partial charge >= 0.3 is 0 Å². The molecule has 0 aliphatic carbocycles. The molecule has 8 heteroatoms. The lowest BCUT2D eigenvalue weighted by atomic mass is 10.00. The van der Waals surface area contributed by atoms with E-state index in [2.05, 4.69) is 51.1 Å². The average molecular weight is 563 g/mol. The molecule has 1 aromatic heterocycles. The van der Waals surface area contributed by atoms with Crippen LogP contribution in [0, 0.1) is 0 Å². The van der Waals surface area contributed by atoms with Gasteiger partial charge in [0.15, 0.2) is 5.96 Å². The fraction of sp³-hybridized carbons (Fsp3) is 0.360. The summed E-state index contributed by atoms with van der Waals surface area (Å²) in [6.45, 7) is 6.50. The standard InChI is InChI=1S/C25H33N5O2.HI/c1-4-26-24(28-19-25(2,31)23-15-29-30(3)16-23)27-14-21-11-8-12-22(13-21)18-32-17-20-9-6-5-7-10-20;/h5-13,15-16,31H,4,14,17-19H2,1-3H3,(H2,26,27,28);1H. The quantitative estimate of drug-likeness (QED) is 0.199. The average Bonchev–Trinajstić information content (AvgIpc) is 3.24. The van der Waals surface area contributed by atoms with Gasteiger partial charge in [-0.2, -0.15) is 5.10 Å². The van der Waals surface area contributed by atoms with Crippen LogP contribution in [0.5, 0.6) is 0 Å². The second-order valence-electron chi connectivity index (χ2n) is 8.02. The molecule has 0 spiro atoms. The second-order valence-corrected chi connectivity index (χ2v) is 8.02. The molecule has 1 atom stereocenters. The molecule has 3 N–H and O–H groups in total. The first kappa shape index (κ1) is 26.8. The van der Waals surface area contributed by atoms with Crippen LogP contribution in [0.2, 0.25) is 0 Å². The number of hydrogen-bond donors (Lipinski definition) is 3. The highest BCUT2D eigenvalue weighted by atomic mass is 127. The molecule has 1 heterocycles. The van der Waals surface area contributed by atoms with E-state index in [1.54, 1.807) is 17.8 Å². The van der Waals surface area contributed by atoms with Gasteiger partial charge in [-0.25, -0.2) is 4.99 Å². The number of ether oxygens (including phenoxy) is 1. The molecule has 3 aromatic rings. The first-order valence-electron chi connectivity index (χ1n) is 10.9. The number of aromatic nitrogens is 2. The SMILES string of the molecule is CCNC(=NCc1cccc(COCc2ccccc2)c1)NCC(C)(O)c1cnn(C)c1.I. The van der Waals surface area contributed by atoms with Crippen LogP contribution in [0.25, 0.3) is 0 Å². The summed E-state index contributed by atoms with van der Waals surface area (Å²) < 4.78 is 7.53. The fourth-order valence-electron chi connectivity index (χ4n) is 3.25. The van der Waals surface area contributed by atoms with Gasteiger partial charge < -0.3 is 20.5 Å². The lowest BCUT2D eigenvalue weighted by Crippen LogP contribution is -2.44. The number of hydrogen-bond acceptors (Lipinski definition) is 4. The van der Waals surface area contributed by atoms with Crippen LogP contribution in [0.3, 0.4) is 0 Å². The van der Waals surface area contributed by atoms with Crippen molar-refractivity contribution in [3.63, 3.8) is 0 Å². The van der Waals surface area contributed by atoms with E-state index in [0.717, 1.165) is 28.8 Å². The van der Waals surface area contributed by atoms with Crippen molar-refractivity contribution in [2.75, 3.05) is 13.1 Å². The highest BCUT2D eigenvalue weighted by Gasteiger charge is 2.24. The molecule has 0 bridgehead atoms. The van der Waals surface area contributed by atoms with Crippen molar-refractivity contribution in [3.05, 3.63) is 89.2 Å². The molecule has 0 amide bonds. The molecule has 0 fully saturated rings. The Morgan fingerprint density at radius 1 is 1.06 bits per heavy atom. The van der Waals surface area contributed by atoms with Crippen LogP contribution in [0.1, 0.15) is 36.1 Å². The predicted molar refractivity (Wildman–Crippen MR) is 142 cm³/mol. The van der Waals surface area contributed by atoms with Gasteiger partial charge in [-0.1, -0.05) is 54.6 Å². The van der Waals surface area contributed by atoms with Crippen molar-refractivity contribution in [1.29, 1.82) is 0 Å². The third-order valence-electron chi connectivity index (χ3n) is 5.06. The Labute approximate surface area is 213 Å². The molecule has 3 rings (SSSR count). The van der Waals surface area contributed by atoms with Crippen molar-refractivity contribution in [2.24, 2.45) is 12.0 Å². The largest absolute Gasteiger partial charge is 0.383 e. The molecule has 0 saturated heterocycles. The minimum Gasteiger partial charge on any atom is -0.383 e. The third kappa shape index (κ3) is 8.79. The number of benzene rings is 2. The zero-order valence-corrected chi connectivity index (χ0v) is 21.8. The number of nitrogens with one attached hydrogen (secondary N) is 2. The number of aliphatic imine (C=N–C) groups is 1. The number of guanidine groups is 1. The summed E-state index contributed by atoms with van der Waals surface area (Å²) in [4.78, 5) is 4.68. The van der Waals surface area contributed by atoms with E-state index in [1.807, 2.05) is 44.4 Å². The van der Waals surface area contributed by atoms with E-state index in [1.165, 1.54) is 0 Å². The second kappa shape index (κ2) is 13.3. The van der Waals surface area contributed by atoms with Gasteiger partial charge in [-0.3, -0.25) is 4.68 Å². The van der Waals surface area contributed by atoms with E-state index in [9.17, 15) is 5.11 Å². The Hall–Kier alpha value is -2.43. The number of nitrogens with zero attached hydrogens (tertiary/aromatic N) is 3. The van der Waals surface area contributed by atoms with Gasteiger partial charge in [0.1, 0.15) is 5.60 Å². The van der Waals surface area contributed by atoms with Crippen molar-refractivity contribution >= 4 is 29.9 Å². The van der Waals surface area contributed by atoms with E-state index < -0.39 is 5.60 Å². The summed E-state index contributed by atoms with van der Waals surface area (Å²) >= 11 is 0. The van der Waals surface area contributed by atoms with Crippen molar-refractivity contribution in [1.82, 2.24) is 20.4 Å². The number of halogens is 1. The Morgan fingerprint density at radius 2 is 1.76 bits per heavy atom. The van der Waals surface area contributed by atoms with Gasteiger partial charge in [0.05, 0.1) is 32.5 Å². The van der Waals surface area contributed by atoms with Crippen LogP contribution in [-0.2, 0) is 37.1 Å². The minimum absolute atomic E-state index is 0. The monoisotopic (exact) mass is 563 g/mol. The van der Waals surface area contributed by atoms with E-state index in [4.69, 9.17) is 4.74 Å². The normalized spacial score (nSPS) is 13.2. The van der Waals surface area contributed by atoms with Gasteiger partial charge in [0.25, 0.3) is 0 Å². The summed E-state index contributed by atoms with van der Waals surface area (Å²) in [6, 6.07) is 18.4. The highest BCUT2D eigenvalue weighted by Crippen LogP contribution is 2.18. The van der Waals surface area contributed by atoms with Crippen molar-refractivity contribution in [3.8, 4) is 0 Å². The van der Waals surface area contributed by atoms with Crippen LogP contribution < -0.4 is 10.6 Å². The molecule has 33 heavy (non-hydrogen) atoms. The molecule has 0 radical (unpaired) electrons. The first-order chi connectivity index (χ1) is 15.5. The third-order valence-corrected chi connectivity index (χ3v) is 5.06. The highest BCUT2D eigenvalue weighted by molar-refractivity contribution is 14.0. The Kier molecular flexibility index (Phi) is 10.8. The molecular formula is C25H34IN5O2.